The van der Waals surface area contributed by atoms with Crippen LogP contribution in [0.2, 0.25) is 0 Å². The molecule has 10 atom stereocenters. The topological polar surface area (TPSA) is 20.2 Å². The van der Waals surface area contributed by atoms with E-state index in [0.717, 1.165) is 47.8 Å². The lowest BCUT2D eigenvalue weighted by atomic mass is 9.45. The molecule has 0 aliphatic heterocycles. The fourth-order valence-corrected chi connectivity index (χ4v) is 10.3. The molecule has 0 aromatic heterocycles. The Morgan fingerprint density at radius 1 is 0.929 bits per heavy atom. The molecule has 1 unspecified atom stereocenters. The number of aliphatic hydroxyl groups is 1. The van der Waals surface area contributed by atoms with E-state index in [9.17, 15) is 5.11 Å². The molecular weight excluding hydrogens is 340 g/mol. The molecule has 0 bridgehead atoms. The van der Waals surface area contributed by atoms with Crippen LogP contribution in [0.25, 0.3) is 0 Å². The summed E-state index contributed by atoms with van der Waals surface area (Å²) in [4.78, 5) is 0. The van der Waals surface area contributed by atoms with Crippen molar-refractivity contribution >= 4 is 0 Å². The number of aliphatic hydroxyl groups excluding tert-OH is 1. The minimum Gasteiger partial charge on any atom is -0.393 e. The predicted octanol–water partition coefficient (Wildman–Crippen LogP) is 7.08. The first-order valence-electron chi connectivity index (χ1n) is 12.9. The molecule has 5 aliphatic carbocycles. The Hall–Kier alpha value is -0.0400. The van der Waals surface area contributed by atoms with Crippen LogP contribution in [-0.4, -0.2) is 11.2 Å². The van der Waals surface area contributed by atoms with Crippen molar-refractivity contribution < 1.29 is 5.11 Å². The smallest absolute Gasteiger partial charge is 0.0607 e. The molecule has 0 aromatic carbocycles. The molecule has 0 aromatic rings. The highest BCUT2D eigenvalue weighted by Gasteiger charge is 2.77. The quantitative estimate of drug-likeness (QED) is 0.535. The van der Waals surface area contributed by atoms with E-state index in [1.807, 2.05) is 0 Å². The monoisotopic (exact) mass is 386 g/mol. The summed E-state index contributed by atoms with van der Waals surface area (Å²) in [5.41, 5.74) is 1.37. The van der Waals surface area contributed by atoms with Crippen LogP contribution in [0.3, 0.4) is 0 Å². The molecule has 5 fully saturated rings. The average molecular weight is 387 g/mol. The Labute approximate surface area is 174 Å². The lowest BCUT2D eigenvalue weighted by molar-refractivity contribution is -0.152. The molecule has 0 saturated heterocycles. The fourth-order valence-electron chi connectivity index (χ4n) is 10.3. The van der Waals surface area contributed by atoms with E-state index in [1.54, 1.807) is 0 Å². The Morgan fingerprint density at radius 3 is 2.43 bits per heavy atom. The molecule has 1 heteroatoms. The largest absolute Gasteiger partial charge is 0.393 e. The van der Waals surface area contributed by atoms with Gasteiger partial charge in [0.25, 0.3) is 0 Å². The summed E-state index contributed by atoms with van der Waals surface area (Å²) in [5, 5.41) is 11.3. The second kappa shape index (κ2) is 6.48. The Balaban J connectivity index is 1.34. The Kier molecular flexibility index (Phi) is 4.60. The van der Waals surface area contributed by atoms with Crippen LogP contribution < -0.4 is 0 Å². The first kappa shape index (κ1) is 19.9. The zero-order valence-corrected chi connectivity index (χ0v) is 19.3. The van der Waals surface area contributed by atoms with Crippen LogP contribution in [0, 0.1) is 57.7 Å². The van der Waals surface area contributed by atoms with Crippen molar-refractivity contribution in [1.82, 2.24) is 0 Å². The van der Waals surface area contributed by atoms with Crippen LogP contribution in [0.4, 0.5) is 0 Å². The normalized spacial score (nSPS) is 55.4. The first-order chi connectivity index (χ1) is 13.2. The van der Waals surface area contributed by atoms with E-state index in [1.165, 1.54) is 64.2 Å². The first-order valence-corrected chi connectivity index (χ1v) is 12.9. The maximum absolute atomic E-state index is 11.3. The van der Waals surface area contributed by atoms with E-state index < -0.39 is 0 Å². The summed E-state index contributed by atoms with van der Waals surface area (Å²) < 4.78 is 0. The van der Waals surface area contributed by atoms with E-state index in [4.69, 9.17) is 0 Å². The molecular formula is C27H46O. The van der Waals surface area contributed by atoms with Crippen molar-refractivity contribution in [1.29, 1.82) is 0 Å². The number of fused-ring (bicyclic) bond motifs is 4. The maximum Gasteiger partial charge on any atom is 0.0607 e. The zero-order chi connectivity index (χ0) is 19.9. The van der Waals surface area contributed by atoms with E-state index in [2.05, 4.69) is 34.6 Å². The van der Waals surface area contributed by atoms with Gasteiger partial charge in [-0.15, -0.1) is 0 Å². The summed E-state index contributed by atoms with van der Waals surface area (Å²) >= 11 is 0. The van der Waals surface area contributed by atoms with Gasteiger partial charge in [0.2, 0.25) is 0 Å². The van der Waals surface area contributed by atoms with Gasteiger partial charge < -0.3 is 5.11 Å². The van der Waals surface area contributed by atoms with Gasteiger partial charge in [0.1, 0.15) is 0 Å². The SMILES string of the molecule is CC(C)CCC[C@@H](C)[C@H]1CC[C@H]2[C@@H]3C[C@H](O)C45C[C@@H]4CC[C@]5(C)[C@H]3CC[C@]12C. The maximum atomic E-state index is 11.3. The number of hydrogen-bond acceptors (Lipinski definition) is 1. The molecule has 28 heavy (non-hydrogen) atoms. The van der Waals surface area contributed by atoms with Gasteiger partial charge in [0, 0.05) is 5.41 Å². The Bertz CT molecular complexity index is 611. The molecule has 5 rings (SSSR count). The predicted molar refractivity (Wildman–Crippen MR) is 117 cm³/mol. The van der Waals surface area contributed by atoms with E-state index in [0.29, 0.717) is 16.2 Å². The molecule has 0 amide bonds. The zero-order valence-electron chi connectivity index (χ0n) is 19.3. The molecule has 1 spiro atoms. The summed E-state index contributed by atoms with van der Waals surface area (Å²) in [5.74, 6) is 6.17. The fraction of sp³-hybridized carbons (Fsp3) is 1.00. The third kappa shape index (κ3) is 2.47. The van der Waals surface area contributed by atoms with Gasteiger partial charge in [0.05, 0.1) is 6.10 Å². The minimum absolute atomic E-state index is 0.0103. The van der Waals surface area contributed by atoms with Crippen LogP contribution in [-0.2, 0) is 0 Å². The van der Waals surface area contributed by atoms with Crippen molar-refractivity contribution in [3.8, 4) is 0 Å². The minimum atomic E-state index is 0.0103. The van der Waals surface area contributed by atoms with Crippen molar-refractivity contribution in [2.24, 2.45) is 57.7 Å². The Morgan fingerprint density at radius 2 is 1.71 bits per heavy atom. The van der Waals surface area contributed by atoms with Crippen LogP contribution >= 0.6 is 0 Å². The van der Waals surface area contributed by atoms with Gasteiger partial charge in [-0.3, -0.25) is 0 Å². The highest BCUT2D eigenvalue weighted by Crippen LogP contribution is 2.81. The van der Waals surface area contributed by atoms with Crippen molar-refractivity contribution in [2.75, 3.05) is 0 Å². The third-order valence-corrected chi connectivity index (χ3v) is 11.8. The molecule has 1 nitrogen and oxygen atoms in total. The summed E-state index contributed by atoms with van der Waals surface area (Å²) in [6, 6.07) is 0. The van der Waals surface area contributed by atoms with Gasteiger partial charge in [-0.1, -0.05) is 53.9 Å². The molecule has 0 radical (unpaired) electrons. The van der Waals surface area contributed by atoms with Crippen molar-refractivity contribution in [3.63, 3.8) is 0 Å². The summed E-state index contributed by atoms with van der Waals surface area (Å²) in [7, 11) is 0. The van der Waals surface area contributed by atoms with Crippen molar-refractivity contribution in [2.45, 2.75) is 111 Å². The summed E-state index contributed by atoms with van der Waals surface area (Å²) in [6.07, 6.45) is 15.4. The molecule has 160 valence electrons. The molecule has 1 N–H and O–H groups in total. The highest BCUT2D eigenvalue weighted by atomic mass is 16.3. The highest BCUT2D eigenvalue weighted by molar-refractivity contribution is 5.25. The van der Waals surface area contributed by atoms with Gasteiger partial charge in [-0.05, 0) is 104 Å². The van der Waals surface area contributed by atoms with Gasteiger partial charge in [-0.2, -0.15) is 0 Å². The van der Waals surface area contributed by atoms with Crippen LogP contribution in [0.1, 0.15) is 105 Å². The van der Waals surface area contributed by atoms with Gasteiger partial charge in [-0.25, -0.2) is 0 Å². The molecule has 5 aliphatic rings. The van der Waals surface area contributed by atoms with Crippen molar-refractivity contribution in [3.05, 3.63) is 0 Å². The number of rotatable bonds is 5. The standard InChI is InChI=1S/C27H46O/c1-17(2)7-6-8-18(3)21-9-10-22-20-15-24(28)27-16-19(27)11-14-26(27,5)23(20)12-13-25(21,22)4/h17-24,28H,6-16H2,1-5H3/t18-,19+,20+,21-,22+,23+,24+,25-,26-,27?/m1/s1. The van der Waals surface area contributed by atoms with E-state index in [-0.39, 0.29) is 6.10 Å². The number of hydrogen-bond donors (Lipinski definition) is 1. The van der Waals surface area contributed by atoms with Gasteiger partial charge in [0.15, 0.2) is 0 Å². The molecule has 5 saturated carbocycles. The summed E-state index contributed by atoms with van der Waals surface area (Å²) in [6.45, 7) is 12.6. The lowest BCUT2D eigenvalue weighted by Gasteiger charge is -2.60. The van der Waals surface area contributed by atoms with Gasteiger partial charge >= 0.3 is 0 Å². The van der Waals surface area contributed by atoms with Crippen LogP contribution in [0.15, 0.2) is 0 Å². The van der Waals surface area contributed by atoms with E-state index >= 15 is 0 Å². The lowest BCUT2D eigenvalue weighted by Crippen LogP contribution is -2.56. The molecule has 0 heterocycles. The average Bonchev–Trinajstić information content (AvgIpc) is 3.15. The second-order valence-corrected chi connectivity index (χ2v) is 13.1. The van der Waals surface area contributed by atoms with Crippen LogP contribution in [0.5, 0.6) is 0 Å². The third-order valence-electron chi connectivity index (χ3n) is 11.8. The second-order valence-electron chi connectivity index (χ2n) is 13.1.